The minimum absolute atomic E-state index is 0.0490. The Balaban J connectivity index is 2.06. The Bertz CT molecular complexity index is 711. The molecule has 2 aromatic rings. The van der Waals surface area contributed by atoms with Crippen molar-refractivity contribution in [2.45, 2.75) is 32.2 Å². The van der Waals surface area contributed by atoms with Crippen LogP contribution in [0.5, 0.6) is 0 Å². The number of nitrogens with two attached hydrogens (primary N) is 1. The quantitative estimate of drug-likeness (QED) is 0.925. The molecule has 1 fully saturated rings. The van der Waals surface area contributed by atoms with Crippen LogP contribution in [0.25, 0.3) is 10.9 Å². The van der Waals surface area contributed by atoms with E-state index in [4.69, 9.17) is 17.3 Å². The first-order valence-electron chi connectivity index (χ1n) is 7.68. The van der Waals surface area contributed by atoms with Gasteiger partial charge in [-0.3, -0.25) is 9.78 Å². The van der Waals surface area contributed by atoms with E-state index in [0.717, 1.165) is 42.4 Å². The topological polar surface area (TPSA) is 59.2 Å². The maximum atomic E-state index is 13.0. The molecule has 2 heterocycles. The number of nitrogens with zero attached hydrogens (tertiary/aromatic N) is 2. The van der Waals surface area contributed by atoms with Crippen LogP contribution in [0, 0.1) is 6.92 Å². The number of likely N-dealkylation sites (tertiary alicyclic amines) is 1. The minimum Gasteiger partial charge on any atom is -0.334 e. The average molecular weight is 318 g/mol. The zero-order valence-corrected chi connectivity index (χ0v) is 13.4. The van der Waals surface area contributed by atoms with Gasteiger partial charge in [-0.15, -0.1) is 0 Å². The maximum absolute atomic E-state index is 13.0. The highest BCUT2D eigenvalue weighted by atomic mass is 35.5. The summed E-state index contributed by atoms with van der Waals surface area (Å²) in [6.45, 7) is 3.18. The van der Waals surface area contributed by atoms with Gasteiger partial charge in [0.05, 0.1) is 11.1 Å². The first-order valence-corrected chi connectivity index (χ1v) is 8.06. The molecule has 1 aromatic heterocycles. The number of piperidine rings is 1. The molecule has 2 N–H and O–H groups in total. The predicted octanol–water partition coefficient (Wildman–Crippen LogP) is 3.15. The number of fused-ring (bicyclic) bond motifs is 1. The van der Waals surface area contributed by atoms with Gasteiger partial charge in [0, 0.05) is 35.2 Å². The summed E-state index contributed by atoms with van der Waals surface area (Å²) < 4.78 is 0. The van der Waals surface area contributed by atoms with E-state index in [1.807, 2.05) is 24.0 Å². The number of benzene rings is 1. The monoisotopic (exact) mass is 317 g/mol. The van der Waals surface area contributed by atoms with Crippen molar-refractivity contribution in [2.75, 3.05) is 13.1 Å². The lowest BCUT2D eigenvalue weighted by Gasteiger charge is -2.35. The smallest absolute Gasteiger partial charge is 0.254 e. The van der Waals surface area contributed by atoms with Crippen LogP contribution in [-0.2, 0) is 0 Å². The number of rotatable bonds is 2. The molecule has 0 saturated carbocycles. The Kier molecular flexibility index (Phi) is 4.32. The highest BCUT2D eigenvalue weighted by Gasteiger charge is 2.27. The van der Waals surface area contributed by atoms with E-state index >= 15 is 0 Å². The van der Waals surface area contributed by atoms with Gasteiger partial charge in [0.2, 0.25) is 0 Å². The third-order valence-corrected chi connectivity index (χ3v) is 4.53. The summed E-state index contributed by atoms with van der Waals surface area (Å²) in [5.41, 5.74) is 8.12. The molecule has 0 radical (unpaired) electrons. The van der Waals surface area contributed by atoms with Gasteiger partial charge in [-0.05, 0) is 44.4 Å². The van der Waals surface area contributed by atoms with Gasteiger partial charge in [-0.2, -0.15) is 0 Å². The molecule has 1 aliphatic heterocycles. The molecule has 1 saturated heterocycles. The highest BCUT2D eigenvalue weighted by molar-refractivity contribution is 6.31. The molecule has 3 rings (SSSR count). The molecular formula is C17H20ClN3O. The van der Waals surface area contributed by atoms with Crippen LogP contribution in [0.4, 0.5) is 0 Å². The largest absolute Gasteiger partial charge is 0.334 e. The normalized spacial score (nSPS) is 18.7. The average Bonchev–Trinajstić information content (AvgIpc) is 2.52. The van der Waals surface area contributed by atoms with Gasteiger partial charge in [-0.1, -0.05) is 17.7 Å². The summed E-state index contributed by atoms with van der Waals surface area (Å²) in [6, 6.07) is 7.47. The summed E-state index contributed by atoms with van der Waals surface area (Å²) in [6.07, 6.45) is 3.16. The van der Waals surface area contributed by atoms with E-state index in [1.165, 1.54) is 0 Å². The van der Waals surface area contributed by atoms with Crippen molar-refractivity contribution in [3.63, 3.8) is 0 Å². The summed E-state index contributed by atoms with van der Waals surface area (Å²) in [5.74, 6) is 0.0490. The molecule has 1 amide bonds. The Hall–Kier alpha value is -1.65. The maximum Gasteiger partial charge on any atom is 0.254 e. The summed E-state index contributed by atoms with van der Waals surface area (Å²) >= 11 is 6.05. The van der Waals surface area contributed by atoms with E-state index in [9.17, 15) is 4.79 Å². The van der Waals surface area contributed by atoms with Gasteiger partial charge in [-0.25, -0.2) is 0 Å². The van der Waals surface area contributed by atoms with Crippen molar-refractivity contribution >= 4 is 28.4 Å². The first kappa shape index (κ1) is 15.3. The number of pyridine rings is 1. The van der Waals surface area contributed by atoms with E-state index in [1.54, 1.807) is 12.1 Å². The van der Waals surface area contributed by atoms with Crippen molar-refractivity contribution in [2.24, 2.45) is 5.73 Å². The third kappa shape index (κ3) is 2.81. The van der Waals surface area contributed by atoms with E-state index in [-0.39, 0.29) is 11.9 Å². The molecule has 22 heavy (non-hydrogen) atoms. The summed E-state index contributed by atoms with van der Waals surface area (Å²) in [5, 5.41) is 1.48. The number of amides is 1. The zero-order chi connectivity index (χ0) is 15.7. The number of aromatic nitrogens is 1. The van der Waals surface area contributed by atoms with Crippen molar-refractivity contribution in [3.8, 4) is 0 Å². The second kappa shape index (κ2) is 6.23. The Labute approximate surface area is 135 Å². The van der Waals surface area contributed by atoms with Crippen LogP contribution >= 0.6 is 11.6 Å². The number of carbonyl (C=O) groups excluding carboxylic acids is 1. The van der Waals surface area contributed by atoms with Crippen molar-refractivity contribution < 1.29 is 4.79 Å². The number of halogens is 1. The standard InChI is InChI=1S/C17H20ClN3O/c1-11-8-15(14-6-5-12(18)9-16(14)20-11)17(22)21-7-3-2-4-13(21)10-19/h5-6,8-9,13H,2-4,7,10,19H2,1H3/t13-/m0/s1. The number of aryl methyl sites for hydroxylation is 1. The summed E-state index contributed by atoms with van der Waals surface area (Å²) in [4.78, 5) is 19.4. The van der Waals surface area contributed by atoms with Crippen LogP contribution in [0.15, 0.2) is 24.3 Å². The molecule has 0 unspecified atom stereocenters. The fourth-order valence-electron chi connectivity index (χ4n) is 3.18. The molecule has 1 aromatic carbocycles. The molecule has 0 aliphatic carbocycles. The molecule has 1 atom stereocenters. The number of carbonyl (C=O) groups is 1. The minimum atomic E-state index is 0.0490. The van der Waals surface area contributed by atoms with Gasteiger partial charge < -0.3 is 10.6 Å². The van der Waals surface area contributed by atoms with Crippen LogP contribution in [0.2, 0.25) is 5.02 Å². The lowest BCUT2D eigenvalue weighted by molar-refractivity contribution is 0.0625. The van der Waals surface area contributed by atoms with E-state index in [0.29, 0.717) is 17.1 Å². The van der Waals surface area contributed by atoms with Crippen molar-refractivity contribution in [1.82, 2.24) is 9.88 Å². The zero-order valence-electron chi connectivity index (χ0n) is 12.7. The predicted molar refractivity (Wildman–Crippen MR) is 89.2 cm³/mol. The number of hydrogen-bond acceptors (Lipinski definition) is 3. The second-order valence-electron chi connectivity index (χ2n) is 5.86. The second-order valence-corrected chi connectivity index (χ2v) is 6.29. The van der Waals surface area contributed by atoms with Gasteiger partial charge in [0.15, 0.2) is 0 Å². The Morgan fingerprint density at radius 3 is 3.00 bits per heavy atom. The Morgan fingerprint density at radius 2 is 2.23 bits per heavy atom. The molecule has 4 nitrogen and oxygen atoms in total. The lowest BCUT2D eigenvalue weighted by atomic mass is 9.99. The molecule has 5 heteroatoms. The molecular weight excluding hydrogens is 298 g/mol. The van der Waals surface area contributed by atoms with E-state index in [2.05, 4.69) is 4.98 Å². The van der Waals surface area contributed by atoms with Gasteiger partial charge in [0.25, 0.3) is 5.91 Å². The SMILES string of the molecule is Cc1cc(C(=O)N2CCCC[C@H]2CN)c2ccc(Cl)cc2n1. The van der Waals surface area contributed by atoms with Gasteiger partial charge >= 0.3 is 0 Å². The van der Waals surface area contributed by atoms with E-state index < -0.39 is 0 Å². The molecule has 0 spiro atoms. The Morgan fingerprint density at radius 1 is 1.41 bits per heavy atom. The molecule has 116 valence electrons. The van der Waals surface area contributed by atoms with Crippen LogP contribution < -0.4 is 5.73 Å². The third-order valence-electron chi connectivity index (χ3n) is 4.29. The molecule has 0 bridgehead atoms. The fraction of sp³-hybridized carbons (Fsp3) is 0.412. The van der Waals surface area contributed by atoms with Crippen molar-refractivity contribution in [3.05, 3.63) is 40.5 Å². The fourth-order valence-corrected chi connectivity index (χ4v) is 3.34. The molecule has 1 aliphatic rings. The van der Waals surface area contributed by atoms with Crippen LogP contribution in [0.3, 0.4) is 0 Å². The lowest BCUT2D eigenvalue weighted by Crippen LogP contribution is -2.47. The van der Waals surface area contributed by atoms with Crippen LogP contribution in [0.1, 0.15) is 35.3 Å². The van der Waals surface area contributed by atoms with Gasteiger partial charge in [0.1, 0.15) is 0 Å². The number of hydrogen-bond donors (Lipinski definition) is 1. The van der Waals surface area contributed by atoms with Crippen molar-refractivity contribution in [1.29, 1.82) is 0 Å². The summed E-state index contributed by atoms with van der Waals surface area (Å²) in [7, 11) is 0. The first-order chi connectivity index (χ1) is 10.6. The van der Waals surface area contributed by atoms with Crippen LogP contribution in [-0.4, -0.2) is 34.9 Å². The highest BCUT2D eigenvalue weighted by Crippen LogP contribution is 2.26.